The fourth-order valence-electron chi connectivity index (χ4n) is 1.91. The first-order valence-corrected chi connectivity index (χ1v) is 7.87. The molecule has 2 aromatic rings. The van der Waals surface area contributed by atoms with Gasteiger partial charge in [-0.25, -0.2) is 13.1 Å². The fraction of sp³-hybridized carbons (Fsp3) is 0.200. The number of aliphatic hydroxyl groups is 1. The van der Waals surface area contributed by atoms with E-state index in [4.69, 9.17) is 4.74 Å². The number of benzene rings is 2. The maximum Gasteiger partial charge on any atom is 0.241 e. The molecule has 0 radical (unpaired) electrons. The van der Waals surface area contributed by atoms with Crippen molar-refractivity contribution in [2.75, 3.05) is 13.7 Å². The van der Waals surface area contributed by atoms with Crippen LogP contribution in [-0.4, -0.2) is 27.2 Å². The third-order valence-corrected chi connectivity index (χ3v) is 4.54. The summed E-state index contributed by atoms with van der Waals surface area (Å²) >= 11 is 0. The minimum Gasteiger partial charge on any atom is -0.497 e. The van der Waals surface area contributed by atoms with E-state index in [2.05, 4.69) is 4.72 Å². The first-order chi connectivity index (χ1) is 10.1. The van der Waals surface area contributed by atoms with E-state index in [1.54, 1.807) is 36.4 Å². The summed E-state index contributed by atoms with van der Waals surface area (Å²) in [7, 11) is -2.20. The number of methoxy groups -OCH3 is 1. The van der Waals surface area contributed by atoms with E-state index in [-0.39, 0.29) is 11.5 Å². The summed E-state index contributed by atoms with van der Waals surface area (Å²) in [6.07, 6.45) is 0. The van der Waals surface area contributed by atoms with Gasteiger partial charge in [-0.05, 0) is 29.8 Å². The predicted octanol–water partition coefficient (Wildman–Crippen LogP) is 1.71. The Morgan fingerprint density at radius 3 is 2.24 bits per heavy atom. The molecule has 2 rings (SSSR count). The molecule has 0 aliphatic heterocycles. The van der Waals surface area contributed by atoms with E-state index in [9.17, 15) is 13.5 Å². The predicted molar refractivity (Wildman–Crippen MR) is 79.6 cm³/mol. The maximum atomic E-state index is 12.3. The zero-order valence-corrected chi connectivity index (χ0v) is 12.4. The van der Waals surface area contributed by atoms with Gasteiger partial charge >= 0.3 is 0 Å². The lowest BCUT2D eigenvalue weighted by molar-refractivity contribution is 0.259. The quantitative estimate of drug-likeness (QED) is 0.852. The van der Waals surface area contributed by atoms with Gasteiger partial charge in [-0.1, -0.05) is 30.3 Å². The highest BCUT2D eigenvalue weighted by molar-refractivity contribution is 7.89. The van der Waals surface area contributed by atoms with Gasteiger partial charge in [0.05, 0.1) is 24.7 Å². The molecule has 0 heterocycles. The maximum absolute atomic E-state index is 12.3. The smallest absolute Gasteiger partial charge is 0.241 e. The van der Waals surface area contributed by atoms with E-state index in [1.165, 1.54) is 19.2 Å². The summed E-state index contributed by atoms with van der Waals surface area (Å²) in [5.41, 5.74) is 0.706. The molecule has 0 unspecified atom stereocenters. The largest absolute Gasteiger partial charge is 0.497 e. The van der Waals surface area contributed by atoms with Gasteiger partial charge in [0, 0.05) is 0 Å². The molecule has 0 fully saturated rings. The van der Waals surface area contributed by atoms with Crippen LogP contribution in [-0.2, 0) is 10.0 Å². The Bertz CT molecular complexity index is 669. The summed E-state index contributed by atoms with van der Waals surface area (Å²) in [4.78, 5) is 0.123. The number of rotatable bonds is 6. The van der Waals surface area contributed by atoms with Crippen LogP contribution in [0.2, 0.25) is 0 Å². The second kappa shape index (κ2) is 6.71. The van der Waals surface area contributed by atoms with Crippen molar-refractivity contribution in [3.8, 4) is 5.75 Å². The average Bonchev–Trinajstić information content (AvgIpc) is 2.53. The number of aliphatic hydroxyl groups excluding tert-OH is 1. The molecule has 2 N–H and O–H groups in total. The van der Waals surface area contributed by atoms with Crippen LogP contribution in [0.15, 0.2) is 59.5 Å². The molecule has 0 aromatic heterocycles. The standard InChI is InChI=1S/C15H17NO4S/c1-20-13-7-9-14(10-8-13)21(18,19)16-15(11-17)12-5-3-2-4-6-12/h2-10,15-17H,11H2,1H3/t15-/m0/s1. The highest BCUT2D eigenvalue weighted by Crippen LogP contribution is 2.19. The van der Waals surface area contributed by atoms with Crippen LogP contribution in [0.25, 0.3) is 0 Å². The molecule has 0 spiro atoms. The zero-order valence-electron chi connectivity index (χ0n) is 11.6. The van der Waals surface area contributed by atoms with Gasteiger partial charge in [-0.15, -0.1) is 0 Å². The topological polar surface area (TPSA) is 75.6 Å². The lowest BCUT2D eigenvalue weighted by Gasteiger charge is -2.17. The first-order valence-electron chi connectivity index (χ1n) is 6.39. The second-order valence-electron chi connectivity index (χ2n) is 4.44. The van der Waals surface area contributed by atoms with Crippen molar-refractivity contribution in [2.45, 2.75) is 10.9 Å². The molecule has 0 saturated heterocycles. The van der Waals surface area contributed by atoms with E-state index in [0.717, 1.165) is 0 Å². The Morgan fingerprint density at radius 1 is 1.10 bits per heavy atom. The van der Waals surface area contributed by atoms with Crippen LogP contribution in [0.5, 0.6) is 5.75 Å². The SMILES string of the molecule is COc1ccc(S(=O)(=O)N[C@@H](CO)c2ccccc2)cc1. The van der Waals surface area contributed by atoms with Crippen LogP contribution in [0, 0.1) is 0 Å². The van der Waals surface area contributed by atoms with Gasteiger partial charge in [0.2, 0.25) is 10.0 Å². The Morgan fingerprint density at radius 2 is 1.71 bits per heavy atom. The van der Waals surface area contributed by atoms with Crippen molar-refractivity contribution in [3.05, 3.63) is 60.2 Å². The van der Waals surface area contributed by atoms with Crippen LogP contribution in [0.1, 0.15) is 11.6 Å². The normalized spacial score (nSPS) is 12.9. The number of ether oxygens (including phenoxy) is 1. The number of nitrogens with one attached hydrogen (secondary N) is 1. The van der Waals surface area contributed by atoms with Crippen molar-refractivity contribution in [1.29, 1.82) is 0 Å². The van der Waals surface area contributed by atoms with Crippen molar-refractivity contribution in [2.24, 2.45) is 0 Å². The minimum absolute atomic E-state index is 0.123. The lowest BCUT2D eigenvalue weighted by Crippen LogP contribution is -2.30. The molecule has 0 aliphatic rings. The van der Waals surface area contributed by atoms with Crippen LogP contribution in [0.4, 0.5) is 0 Å². The molecule has 0 amide bonds. The molecule has 0 aliphatic carbocycles. The average molecular weight is 307 g/mol. The Balaban J connectivity index is 2.22. The molecule has 112 valence electrons. The summed E-state index contributed by atoms with van der Waals surface area (Å²) in [6, 6.07) is 14.3. The molecule has 21 heavy (non-hydrogen) atoms. The summed E-state index contributed by atoms with van der Waals surface area (Å²) in [6.45, 7) is -0.320. The highest BCUT2D eigenvalue weighted by atomic mass is 32.2. The Hall–Kier alpha value is -1.89. The van der Waals surface area contributed by atoms with E-state index in [0.29, 0.717) is 11.3 Å². The van der Waals surface area contributed by atoms with Crippen molar-refractivity contribution >= 4 is 10.0 Å². The van der Waals surface area contributed by atoms with E-state index >= 15 is 0 Å². The lowest BCUT2D eigenvalue weighted by atomic mass is 10.1. The van der Waals surface area contributed by atoms with Gasteiger partial charge in [-0.2, -0.15) is 0 Å². The monoisotopic (exact) mass is 307 g/mol. The summed E-state index contributed by atoms with van der Waals surface area (Å²) < 4.78 is 32.1. The molecular weight excluding hydrogens is 290 g/mol. The number of sulfonamides is 1. The van der Waals surface area contributed by atoms with Crippen LogP contribution < -0.4 is 9.46 Å². The van der Waals surface area contributed by atoms with Gasteiger partial charge in [-0.3, -0.25) is 0 Å². The number of hydrogen-bond donors (Lipinski definition) is 2. The summed E-state index contributed by atoms with van der Waals surface area (Å²) in [5, 5.41) is 9.42. The third-order valence-electron chi connectivity index (χ3n) is 3.05. The van der Waals surface area contributed by atoms with Crippen LogP contribution >= 0.6 is 0 Å². The number of hydrogen-bond acceptors (Lipinski definition) is 4. The fourth-order valence-corrected chi connectivity index (χ4v) is 3.12. The second-order valence-corrected chi connectivity index (χ2v) is 6.16. The third kappa shape index (κ3) is 3.81. The molecule has 0 bridgehead atoms. The van der Waals surface area contributed by atoms with Gasteiger partial charge in [0.25, 0.3) is 0 Å². The molecule has 5 nitrogen and oxygen atoms in total. The van der Waals surface area contributed by atoms with Crippen molar-refractivity contribution < 1.29 is 18.3 Å². The Labute approximate surface area is 124 Å². The molecular formula is C15H17NO4S. The van der Waals surface area contributed by atoms with Gasteiger partial charge in [0.15, 0.2) is 0 Å². The van der Waals surface area contributed by atoms with Crippen molar-refractivity contribution in [3.63, 3.8) is 0 Å². The van der Waals surface area contributed by atoms with Gasteiger partial charge < -0.3 is 9.84 Å². The Kier molecular flexibility index (Phi) is 4.95. The molecule has 1 atom stereocenters. The minimum atomic E-state index is -3.71. The highest BCUT2D eigenvalue weighted by Gasteiger charge is 2.20. The van der Waals surface area contributed by atoms with Gasteiger partial charge in [0.1, 0.15) is 5.75 Å². The zero-order chi connectivity index (χ0) is 15.3. The van der Waals surface area contributed by atoms with Crippen LogP contribution in [0.3, 0.4) is 0 Å². The molecule has 6 heteroatoms. The van der Waals surface area contributed by atoms with E-state index in [1.807, 2.05) is 6.07 Å². The summed E-state index contributed by atoms with van der Waals surface area (Å²) in [5.74, 6) is 0.579. The molecule has 0 saturated carbocycles. The molecule has 2 aromatic carbocycles. The van der Waals surface area contributed by atoms with Crippen molar-refractivity contribution in [1.82, 2.24) is 4.72 Å². The van der Waals surface area contributed by atoms with E-state index < -0.39 is 16.1 Å². The first kappa shape index (κ1) is 15.5.